The van der Waals surface area contributed by atoms with Crippen molar-refractivity contribution in [2.45, 2.75) is 38.2 Å². The zero-order valence-corrected chi connectivity index (χ0v) is 17.7. The number of Topliss-reactive ketones (excluding diaryl/α,β-unsaturated/α-hetero) is 2. The highest BCUT2D eigenvalue weighted by Crippen LogP contribution is 2.29. The van der Waals surface area contributed by atoms with Crippen molar-refractivity contribution in [3.63, 3.8) is 0 Å². The van der Waals surface area contributed by atoms with Gasteiger partial charge in [0.05, 0.1) is 19.7 Å². The van der Waals surface area contributed by atoms with Crippen molar-refractivity contribution in [2.24, 2.45) is 0 Å². The Kier molecular flexibility index (Phi) is 4.86. The Morgan fingerprint density at radius 3 is 2.87 bits per heavy atom. The second kappa shape index (κ2) is 7.58. The van der Waals surface area contributed by atoms with Gasteiger partial charge in [0.2, 0.25) is 11.6 Å². The molecule has 0 bridgehead atoms. The highest BCUT2D eigenvalue weighted by atomic mass is 32.1. The second-order valence-electron chi connectivity index (χ2n) is 7.98. The van der Waals surface area contributed by atoms with E-state index in [4.69, 9.17) is 4.74 Å². The number of hydrogen-bond acceptors (Lipinski definition) is 7. The molecule has 4 heterocycles. The van der Waals surface area contributed by atoms with Gasteiger partial charge in [-0.1, -0.05) is 18.2 Å². The molecule has 2 amide bonds. The van der Waals surface area contributed by atoms with Gasteiger partial charge in [-0.2, -0.15) is 0 Å². The number of fused-ring (bicyclic) bond motifs is 3. The summed E-state index contributed by atoms with van der Waals surface area (Å²) in [6.07, 6.45) is 1.53. The molecule has 5 rings (SSSR count). The number of nitrogens with one attached hydrogen (secondary N) is 1. The van der Waals surface area contributed by atoms with E-state index in [9.17, 15) is 19.2 Å². The molecule has 160 valence electrons. The molecule has 3 aliphatic rings. The summed E-state index contributed by atoms with van der Waals surface area (Å²) in [5, 5.41) is 3.81. The Bertz CT molecular complexity index is 1110. The lowest BCUT2D eigenvalue weighted by Gasteiger charge is -2.49. The summed E-state index contributed by atoms with van der Waals surface area (Å²) in [4.78, 5) is 55.0. The van der Waals surface area contributed by atoms with Gasteiger partial charge in [-0.3, -0.25) is 19.2 Å². The zero-order chi connectivity index (χ0) is 21.7. The van der Waals surface area contributed by atoms with E-state index >= 15 is 0 Å². The zero-order valence-electron chi connectivity index (χ0n) is 16.9. The minimum Gasteiger partial charge on any atom is -0.356 e. The van der Waals surface area contributed by atoms with Crippen LogP contribution in [0.25, 0.3) is 10.1 Å². The first-order chi connectivity index (χ1) is 14.9. The molecular formula is C22H21N3O5S. The van der Waals surface area contributed by atoms with Gasteiger partial charge in [-0.15, -0.1) is 11.3 Å². The predicted molar refractivity (Wildman–Crippen MR) is 113 cm³/mol. The van der Waals surface area contributed by atoms with E-state index in [1.165, 1.54) is 11.1 Å². The monoisotopic (exact) mass is 439 g/mol. The molecule has 2 aromatic rings. The number of benzene rings is 1. The fourth-order valence-corrected chi connectivity index (χ4v) is 5.37. The van der Waals surface area contributed by atoms with Crippen LogP contribution in [0.5, 0.6) is 0 Å². The van der Waals surface area contributed by atoms with Crippen molar-refractivity contribution < 1.29 is 23.9 Å². The van der Waals surface area contributed by atoms with Crippen LogP contribution in [0, 0.1) is 0 Å². The number of ether oxygens (including phenoxy) is 1. The van der Waals surface area contributed by atoms with Crippen LogP contribution in [0.2, 0.25) is 0 Å². The minimum absolute atomic E-state index is 0.0636. The lowest BCUT2D eigenvalue weighted by molar-refractivity contribution is -0.185. The van der Waals surface area contributed by atoms with Gasteiger partial charge in [-0.25, -0.2) is 0 Å². The molecule has 0 saturated carbocycles. The molecule has 3 atom stereocenters. The van der Waals surface area contributed by atoms with Crippen LogP contribution in [-0.2, 0) is 30.5 Å². The molecule has 1 aromatic carbocycles. The number of carbonyl (C=O) groups is 4. The van der Waals surface area contributed by atoms with E-state index in [0.717, 1.165) is 15.0 Å². The number of amides is 2. The quantitative estimate of drug-likeness (QED) is 0.439. The Balaban J connectivity index is 1.35. The van der Waals surface area contributed by atoms with E-state index < -0.39 is 35.7 Å². The fourth-order valence-electron chi connectivity index (χ4n) is 4.37. The number of piperazine rings is 1. The topological polar surface area (TPSA) is 96.0 Å². The van der Waals surface area contributed by atoms with Crippen molar-refractivity contribution in [3.05, 3.63) is 47.0 Å². The molecule has 0 spiro atoms. The predicted octanol–water partition coefficient (Wildman–Crippen LogP) is 1.20. The van der Waals surface area contributed by atoms with Gasteiger partial charge in [0.25, 0.3) is 11.8 Å². The molecule has 3 aliphatic heterocycles. The van der Waals surface area contributed by atoms with Crippen molar-refractivity contribution >= 4 is 44.8 Å². The molecule has 1 N–H and O–H groups in total. The number of hydrogen-bond donors (Lipinski definition) is 1. The van der Waals surface area contributed by atoms with Crippen molar-refractivity contribution in [2.75, 3.05) is 13.2 Å². The Hall–Kier alpha value is -3.04. The van der Waals surface area contributed by atoms with E-state index in [2.05, 4.69) is 5.32 Å². The largest absolute Gasteiger partial charge is 0.356 e. The Morgan fingerprint density at radius 2 is 2.06 bits per heavy atom. The van der Waals surface area contributed by atoms with Gasteiger partial charge >= 0.3 is 0 Å². The maximum absolute atomic E-state index is 12.9. The Morgan fingerprint density at radius 1 is 1.26 bits per heavy atom. The van der Waals surface area contributed by atoms with Crippen LogP contribution in [-0.4, -0.2) is 64.6 Å². The number of rotatable bonds is 3. The lowest BCUT2D eigenvalue weighted by Crippen LogP contribution is -2.69. The van der Waals surface area contributed by atoms with E-state index in [0.29, 0.717) is 13.0 Å². The van der Waals surface area contributed by atoms with Crippen LogP contribution in [0.3, 0.4) is 0 Å². The first-order valence-corrected chi connectivity index (χ1v) is 11.0. The summed E-state index contributed by atoms with van der Waals surface area (Å²) in [6.45, 7) is 2.91. The summed E-state index contributed by atoms with van der Waals surface area (Å²) in [6, 6.07) is 8.60. The fraction of sp³-hybridized carbons (Fsp3) is 0.364. The van der Waals surface area contributed by atoms with Gasteiger partial charge in [-0.05, 0) is 30.9 Å². The first kappa shape index (κ1) is 19.9. The third-order valence-corrected chi connectivity index (χ3v) is 7.09. The number of thiophene rings is 1. The average molecular weight is 439 g/mol. The molecule has 2 fully saturated rings. The van der Waals surface area contributed by atoms with Crippen LogP contribution < -0.4 is 5.32 Å². The van der Waals surface area contributed by atoms with Crippen LogP contribution in [0.15, 0.2) is 42.1 Å². The van der Waals surface area contributed by atoms with Gasteiger partial charge < -0.3 is 19.9 Å². The van der Waals surface area contributed by atoms with Crippen LogP contribution >= 0.6 is 11.3 Å². The summed E-state index contributed by atoms with van der Waals surface area (Å²) < 4.78 is 6.81. The molecular weight excluding hydrogens is 418 g/mol. The molecule has 31 heavy (non-hydrogen) atoms. The van der Waals surface area contributed by atoms with Crippen LogP contribution in [0.1, 0.15) is 18.2 Å². The minimum atomic E-state index is -1.22. The SMILES string of the molecule is C[C@@H]1CCO[C@H]2CN3C=C(C(=O)NCc4cc5ccccc5s4)C(=O)C(=O)C3C(=O)N12. The number of ketones is 2. The van der Waals surface area contributed by atoms with Gasteiger partial charge in [0.15, 0.2) is 6.04 Å². The van der Waals surface area contributed by atoms with E-state index in [1.807, 2.05) is 37.3 Å². The molecule has 1 aromatic heterocycles. The van der Waals surface area contributed by atoms with Gasteiger partial charge in [0, 0.05) is 21.8 Å². The summed E-state index contributed by atoms with van der Waals surface area (Å²) in [7, 11) is 0. The van der Waals surface area contributed by atoms with Crippen molar-refractivity contribution in [3.8, 4) is 0 Å². The summed E-state index contributed by atoms with van der Waals surface area (Å²) in [5.41, 5.74) is -0.243. The first-order valence-electron chi connectivity index (χ1n) is 10.2. The molecule has 2 saturated heterocycles. The average Bonchev–Trinajstić information content (AvgIpc) is 3.17. The maximum Gasteiger partial charge on any atom is 0.257 e. The third kappa shape index (κ3) is 3.34. The molecule has 0 radical (unpaired) electrons. The van der Waals surface area contributed by atoms with Gasteiger partial charge in [0.1, 0.15) is 11.8 Å². The lowest BCUT2D eigenvalue weighted by atomic mass is 9.92. The summed E-state index contributed by atoms with van der Waals surface area (Å²) >= 11 is 1.56. The highest BCUT2D eigenvalue weighted by molar-refractivity contribution is 7.19. The molecule has 0 aliphatic carbocycles. The van der Waals surface area contributed by atoms with Crippen molar-refractivity contribution in [1.82, 2.24) is 15.1 Å². The van der Waals surface area contributed by atoms with E-state index in [-0.39, 0.29) is 24.7 Å². The highest BCUT2D eigenvalue weighted by Gasteiger charge is 2.51. The maximum atomic E-state index is 12.9. The number of carbonyl (C=O) groups excluding carboxylic acids is 4. The second-order valence-corrected chi connectivity index (χ2v) is 9.15. The summed E-state index contributed by atoms with van der Waals surface area (Å²) in [5.74, 6) is -2.85. The molecule has 9 heteroatoms. The standard InChI is InChI=1S/C22H21N3O5S/c1-12-6-7-30-17-11-24-10-15(19(26)20(27)18(24)22(29)25(12)17)21(28)23-9-14-8-13-4-2-3-5-16(13)31-14/h2-5,8,10,12,17-18H,6-7,9,11H2,1H3,(H,23,28)/t12-,17+,18?/m1/s1. The third-order valence-electron chi connectivity index (χ3n) is 5.97. The molecule has 8 nitrogen and oxygen atoms in total. The van der Waals surface area contributed by atoms with Crippen molar-refractivity contribution in [1.29, 1.82) is 0 Å². The Labute approximate surface area is 182 Å². The van der Waals surface area contributed by atoms with Crippen LogP contribution in [0.4, 0.5) is 0 Å². The molecule has 1 unspecified atom stereocenters. The normalized spacial score (nSPS) is 25.9. The number of nitrogens with zero attached hydrogens (tertiary/aromatic N) is 2. The smallest absolute Gasteiger partial charge is 0.257 e. The van der Waals surface area contributed by atoms with E-state index in [1.54, 1.807) is 16.2 Å².